The van der Waals surface area contributed by atoms with Crippen molar-refractivity contribution in [3.63, 3.8) is 0 Å². The van der Waals surface area contributed by atoms with Crippen LogP contribution in [0.1, 0.15) is 25.7 Å². The topological polar surface area (TPSA) is 109 Å². The smallest absolute Gasteiger partial charge is 0.308 e. The van der Waals surface area contributed by atoms with Gasteiger partial charge in [-0.25, -0.2) is 18.7 Å². The first-order chi connectivity index (χ1) is 15.9. The van der Waals surface area contributed by atoms with Crippen molar-refractivity contribution in [2.24, 2.45) is 24.8 Å². The van der Waals surface area contributed by atoms with Crippen LogP contribution in [-0.2, 0) is 11.8 Å². The van der Waals surface area contributed by atoms with Crippen LogP contribution in [0.2, 0.25) is 0 Å². The molecular formula is C23H22F2N6O2. The second-order valence-electron chi connectivity index (χ2n) is 9.15. The summed E-state index contributed by atoms with van der Waals surface area (Å²) in [5.74, 6) is -1.62. The predicted molar refractivity (Wildman–Crippen MR) is 117 cm³/mol. The van der Waals surface area contributed by atoms with Crippen LogP contribution in [-0.4, -0.2) is 41.9 Å². The lowest BCUT2D eigenvalue weighted by Gasteiger charge is -2.47. The molecule has 3 aliphatic rings. The highest BCUT2D eigenvalue weighted by molar-refractivity contribution is 5.95. The number of H-pyrrole nitrogens is 1. The van der Waals surface area contributed by atoms with Crippen LogP contribution in [0.5, 0.6) is 0 Å². The van der Waals surface area contributed by atoms with Crippen molar-refractivity contribution in [2.75, 3.05) is 5.32 Å². The van der Waals surface area contributed by atoms with Gasteiger partial charge in [0.25, 0.3) is 0 Å². The highest BCUT2D eigenvalue weighted by Gasteiger charge is 2.47. The fourth-order valence-corrected chi connectivity index (χ4v) is 5.74. The Morgan fingerprint density at radius 2 is 1.91 bits per heavy atom. The highest BCUT2D eigenvalue weighted by atomic mass is 19.1. The number of aromatic amines is 1. The molecule has 10 heteroatoms. The third kappa shape index (κ3) is 3.07. The van der Waals surface area contributed by atoms with Crippen molar-refractivity contribution in [1.29, 1.82) is 0 Å². The molecule has 4 aromatic rings. The fraction of sp³-hybridized carbons (Fsp3) is 0.391. The maximum absolute atomic E-state index is 14.2. The zero-order valence-electron chi connectivity index (χ0n) is 17.8. The molecule has 7 rings (SSSR count). The Hall–Kier alpha value is -3.56. The van der Waals surface area contributed by atoms with Crippen molar-refractivity contribution in [1.82, 2.24) is 24.7 Å². The van der Waals surface area contributed by atoms with E-state index in [9.17, 15) is 18.7 Å². The monoisotopic (exact) mass is 452 g/mol. The first kappa shape index (κ1) is 20.1. The Bertz CT molecular complexity index is 1410. The van der Waals surface area contributed by atoms with E-state index in [0.29, 0.717) is 11.5 Å². The number of carboxylic acid groups (broad SMARTS) is 1. The molecule has 2 bridgehead atoms. The van der Waals surface area contributed by atoms with Gasteiger partial charge in [-0.2, -0.15) is 5.10 Å². The number of hydrogen-bond donors (Lipinski definition) is 3. The van der Waals surface area contributed by atoms with E-state index in [1.807, 2.05) is 23.9 Å². The molecule has 170 valence electrons. The van der Waals surface area contributed by atoms with E-state index in [2.05, 4.69) is 25.5 Å². The molecule has 3 heterocycles. The number of anilines is 1. The second kappa shape index (κ2) is 7.23. The summed E-state index contributed by atoms with van der Waals surface area (Å²) in [6.45, 7) is 0. The molecule has 3 aliphatic carbocycles. The SMILES string of the molecule is Cn1ccc2c(N[C@@H]3C4CCC(CC4)[C@H]3C(=O)O)nc(-c3n[nH]c4c(F)cc(F)cc34)nc21. The van der Waals surface area contributed by atoms with E-state index in [-0.39, 0.29) is 40.3 Å². The van der Waals surface area contributed by atoms with Gasteiger partial charge in [0, 0.05) is 30.7 Å². The molecule has 0 amide bonds. The van der Waals surface area contributed by atoms with Crippen LogP contribution in [0.4, 0.5) is 14.6 Å². The summed E-state index contributed by atoms with van der Waals surface area (Å²) in [5, 5.41) is 21.2. The van der Waals surface area contributed by atoms with Gasteiger partial charge in [-0.1, -0.05) is 0 Å². The molecule has 33 heavy (non-hydrogen) atoms. The summed E-state index contributed by atoms with van der Waals surface area (Å²) in [6.07, 6.45) is 5.70. The summed E-state index contributed by atoms with van der Waals surface area (Å²) in [5.41, 5.74) is 0.921. The molecule has 0 radical (unpaired) electrons. The van der Waals surface area contributed by atoms with Crippen molar-refractivity contribution < 1.29 is 18.7 Å². The van der Waals surface area contributed by atoms with Crippen LogP contribution in [0.15, 0.2) is 24.4 Å². The minimum atomic E-state index is -0.787. The summed E-state index contributed by atoms with van der Waals surface area (Å²) >= 11 is 0. The normalized spacial score (nSPS) is 24.6. The standard InChI is InChI=1S/C23H22F2N6O2/c1-31-7-6-13-20(26-17-11-4-2-10(3-5-11)16(17)23(32)33)27-21(28-22(13)31)19-14-8-12(24)9-15(25)18(14)29-30-19/h6-11,16-17H,2-5H2,1H3,(H,29,30)(H,32,33)(H,26,27,28)/t10?,11?,16-,17-/m1/s1. The minimum Gasteiger partial charge on any atom is -0.481 e. The molecule has 0 spiro atoms. The van der Waals surface area contributed by atoms with Crippen LogP contribution in [0.25, 0.3) is 33.5 Å². The van der Waals surface area contributed by atoms with Gasteiger partial charge in [0.1, 0.15) is 28.5 Å². The third-order valence-electron chi connectivity index (χ3n) is 7.33. The minimum absolute atomic E-state index is 0.0759. The van der Waals surface area contributed by atoms with Gasteiger partial charge in [-0.3, -0.25) is 9.89 Å². The van der Waals surface area contributed by atoms with E-state index < -0.39 is 23.5 Å². The number of aliphatic carboxylic acids is 1. The molecular weight excluding hydrogens is 430 g/mol. The number of halogens is 2. The molecule has 0 aliphatic heterocycles. The predicted octanol–water partition coefficient (Wildman–Crippen LogP) is 4.09. The number of nitrogens with one attached hydrogen (secondary N) is 2. The summed E-state index contributed by atoms with van der Waals surface area (Å²) in [4.78, 5) is 21.4. The van der Waals surface area contributed by atoms with Crippen LogP contribution in [0, 0.1) is 29.4 Å². The lowest BCUT2D eigenvalue weighted by atomic mass is 9.61. The highest BCUT2D eigenvalue weighted by Crippen LogP contribution is 2.46. The number of aryl methyl sites for hydroxylation is 1. The van der Waals surface area contributed by atoms with Gasteiger partial charge in [-0.05, 0) is 49.7 Å². The molecule has 1 aromatic carbocycles. The van der Waals surface area contributed by atoms with Crippen LogP contribution in [0.3, 0.4) is 0 Å². The zero-order valence-corrected chi connectivity index (χ0v) is 17.8. The van der Waals surface area contributed by atoms with E-state index >= 15 is 0 Å². The number of fused-ring (bicyclic) bond motifs is 5. The maximum Gasteiger partial charge on any atom is 0.308 e. The van der Waals surface area contributed by atoms with Gasteiger partial charge in [0.15, 0.2) is 11.6 Å². The van der Waals surface area contributed by atoms with Crippen molar-refractivity contribution in [2.45, 2.75) is 31.7 Å². The van der Waals surface area contributed by atoms with E-state index in [4.69, 9.17) is 0 Å². The van der Waals surface area contributed by atoms with Gasteiger partial charge in [-0.15, -0.1) is 0 Å². The Labute approximate surface area is 187 Å². The van der Waals surface area contributed by atoms with Crippen LogP contribution < -0.4 is 5.32 Å². The summed E-state index contributed by atoms with van der Waals surface area (Å²) in [6, 6.07) is 3.62. The Kier molecular flexibility index (Phi) is 4.40. The van der Waals surface area contributed by atoms with Crippen molar-refractivity contribution in [3.05, 3.63) is 36.0 Å². The van der Waals surface area contributed by atoms with Gasteiger partial charge in [0.05, 0.1) is 11.3 Å². The van der Waals surface area contributed by atoms with E-state index in [1.165, 1.54) is 6.07 Å². The molecule has 3 saturated carbocycles. The molecule has 0 saturated heterocycles. The summed E-state index contributed by atoms with van der Waals surface area (Å²) in [7, 11) is 1.84. The number of carbonyl (C=O) groups is 1. The fourth-order valence-electron chi connectivity index (χ4n) is 5.74. The number of hydrogen-bond acceptors (Lipinski definition) is 5. The average molecular weight is 452 g/mol. The largest absolute Gasteiger partial charge is 0.481 e. The number of aromatic nitrogens is 5. The van der Waals surface area contributed by atoms with Gasteiger partial charge < -0.3 is 15.0 Å². The Balaban J connectivity index is 1.49. The van der Waals surface area contributed by atoms with E-state index in [1.54, 1.807) is 0 Å². The van der Waals surface area contributed by atoms with E-state index in [0.717, 1.165) is 37.1 Å². The molecule has 3 N–H and O–H groups in total. The summed E-state index contributed by atoms with van der Waals surface area (Å²) < 4.78 is 30.0. The molecule has 0 unspecified atom stereocenters. The number of nitrogens with zero attached hydrogens (tertiary/aromatic N) is 4. The van der Waals surface area contributed by atoms with Gasteiger partial charge >= 0.3 is 5.97 Å². The number of benzene rings is 1. The first-order valence-corrected chi connectivity index (χ1v) is 11.1. The lowest BCUT2D eigenvalue weighted by Crippen LogP contribution is -2.51. The number of carboxylic acids is 1. The van der Waals surface area contributed by atoms with Crippen molar-refractivity contribution >= 4 is 33.7 Å². The molecule has 3 fully saturated rings. The zero-order chi connectivity index (χ0) is 22.9. The Morgan fingerprint density at radius 3 is 2.67 bits per heavy atom. The van der Waals surface area contributed by atoms with Crippen molar-refractivity contribution in [3.8, 4) is 11.5 Å². The quantitative estimate of drug-likeness (QED) is 0.430. The first-order valence-electron chi connectivity index (χ1n) is 11.1. The maximum atomic E-state index is 14.2. The average Bonchev–Trinajstić information content (AvgIpc) is 3.38. The lowest BCUT2D eigenvalue weighted by molar-refractivity contribution is -0.148. The number of rotatable bonds is 4. The molecule has 3 aromatic heterocycles. The molecule has 8 nitrogen and oxygen atoms in total. The Morgan fingerprint density at radius 1 is 1.15 bits per heavy atom. The van der Waals surface area contributed by atoms with Gasteiger partial charge in [0.2, 0.25) is 0 Å². The van der Waals surface area contributed by atoms with Crippen LogP contribution >= 0.6 is 0 Å². The molecule has 2 atom stereocenters. The second-order valence-corrected chi connectivity index (χ2v) is 9.15. The third-order valence-corrected chi connectivity index (χ3v) is 7.33.